The van der Waals surface area contributed by atoms with Crippen molar-refractivity contribution in [3.05, 3.63) is 71.7 Å². The molecule has 226 valence electrons. The van der Waals surface area contributed by atoms with E-state index in [4.69, 9.17) is 9.26 Å². The number of aromatic nitrogens is 4. The Hall–Kier alpha value is -4.80. The summed E-state index contributed by atoms with van der Waals surface area (Å²) in [7, 11) is 0. The largest absolute Gasteiger partial charge is 0.457 e. The maximum Gasteiger partial charge on any atom is 0.318 e. The second kappa shape index (κ2) is 11.4. The highest BCUT2D eigenvalue weighted by atomic mass is 16.5. The molecular formula is C33H35N7O4. The molecule has 44 heavy (non-hydrogen) atoms. The summed E-state index contributed by atoms with van der Waals surface area (Å²) in [6.45, 7) is 7.79. The van der Waals surface area contributed by atoms with Gasteiger partial charge in [0.1, 0.15) is 11.5 Å². The molecule has 1 aliphatic carbocycles. The number of carbonyl (C=O) groups is 2. The van der Waals surface area contributed by atoms with Crippen LogP contribution in [0.4, 0.5) is 4.79 Å². The van der Waals surface area contributed by atoms with Gasteiger partial charge in [-0.1, -0.05) is 25.1 Å². The Morgan fingerprint density at radius 2 is 1.80 bits per heavy atom. The molecule has 0 radical (unpaired) electrons. The topological polar surface area (TPSA) is 127 Å². The standard InChI is InChI=1S/C33H35N7O4/c1-19(2)27-12-13-28(37-36-27)21-6-10-26(11-7-21)43-29-14-22(4-5-23(29)17-39-16-20(3)34-33(39)42)32-35-31(38-44-32)24-15-30(41)40(18-24)25-8-9-25/h4-7,10-14,19-20,24-25H,8-9,15-18H2,1-3H3,(H,34,42)/t20-,24+/m0/s1. The Bertz CT molecular complexity index is 1680. The highest BCUT2D eigenvalue weighted by molar-refractivity contribution is 5.80. The van der Waals surface area contributed by atoms with Crippen molar-refractivity contribution < 1.29 is 18.8 Å². The molecule has 2 aliphatic heterocycles. The average molecular weight is 594 g/mol. The fourth-order valence-corrected chi connectivity index (χ4v) is 5.80. The van der Waals surface area contributed by atoms with Crippen LogP contribution in [-0.2, 0) is 11.3 Å². The van der Waals surface area contributed by atoms with E-state index in [-0.39, 0.29) is 23.9 Å². The molecule has 1 saturated carbocycles. The molecule has 11 heteroatoms. The first-order valence-electron chi connectivity index (χ1n) is 15.2. The molecule has 3 amide bonds. The van der Waals surface area contributed by atoms with Gasteiger partial charge in [0.25, 0.3) is 5.89 Å². The van der Waals surface area contributed by atoms with Gasteiger partial charge in [-0.3, -0.25) is 4.79 Å². The fourth-order valence-electron chi connectivity index (χ4n) is 5.80. The minimum Gasteiger partial charge on any atom is -0.457 e. The predicted molar refractivity (Wildman–Crippen MR) is 162 cm³/mol. The van der Waals surface area contributed by atoms with Crippen molar-refractivity contribution >= 4 is 11.9 Å². The van der Waals surface area contributed by atoms with Gasteiger partial charge in [-0.2, -0.15) is 15.2 Å². The van der Waals surface area contributed by atoms with Crippen LogP contribution in [0.25, 0.3) is 22.7 Å². The highest BCUT2D eigenvalue weighted by Gasteiger charge is 2.41. The molecule has 7 rings (SSSR count). The van der Waals surface area contributed by atoms with E-state index in [1.807, 2.05) is 66.4 Å². The zero-order valence-electron chi connectivity index (χ0n) is 25.1. The Balaban J connectivity index is 1.14. The molecule has 2 aromatic heterocycles. The molecule has 0 unspecified atom stereocenters. The molecule has 2 atom stereocenters. The third-order valence-corrected chi connectivity index (χ3v) is 8.43. The van der Waals surface area contributed by atoms with Crippen molar-refractivity contribution in [3.63, 3.8) is 0 Å². The van der Waals surface area contributed by atoms with Crippen molar-refractivity contribution in [1.82, 2.24) is 35.5 Å². The molecule has 2 saturated heterocycles. The van der Waals surface area contributed by atoms with Crippen LogP contribution < -0.4 is 10.1 Å². The van der Waals surface area contributed by atoms with Gasteiger partial charge >= 0.3 is 6.03 Å². The van der Waals surface area contributed by atoms with E-state index in [2.05, 4.69) is 39.5 Å². The van der Waals surface area contributed by atoms with Crippen molar-refractivity contribution in [2.45, 2.75) is 70.5 Å². The normalized spacial score (nSPS) is 20.1. The molecule has 0 spiro atoms. The third kappa shape index (κ3) is 5.73. The number of rotatable bonds is 9. The molecule has 0 bridgehead atoms. The lowest BCUT2D eigenvalue weighted by Gasteiger charge is -2.18. The highest BCUT2D eigenvalue weighted by Crippen LogP contribution is 2.37. The SMILES string of the molecule is CC(C)c1ccc(-c2ccc(Oc3cc(-c4nc([C@@H]5CC(=O)N(C6CC6)C5)no4)ccc3CN3C[C@H](C)NC3=O)cc2)nn1. The van der Waals surface area contributed by atoms with Crippen molar-refractivity contribution in [1.29, 1.82) is 0 Å². The van der Waals surface area contributed by atoms with Crippen LogP contribution in [-0.4, -0.2) is 67.2 Å². The number of amides is 3. The summed E-state index contributed by atoms with van der Waals surface area (Å²) in [5, 5.41) is 15.9. The van der Waals surface area contributed by atoms with Crippen LogP contribution in [0.3, 0.4) is 0 Å². The Morgan fingerprint density at radius 3 is 2.48 bits per heavy atom. The smallest absolute Gasteiger partial charge is 0.318 e. The van der Waals surface area contributed by atoms with Gasteiger partial charge in [0.05, 0.1) is 17.9 Å². The quantitative estimate of drug-likeness (QED) is 0.270. The molecule has 3 aliphatic rings. The lowest BCUT2D eigenvalue weighted by Crippen LogP contribution is -2.28. The minimum atomic E-state index is -0.102. The maximum atomic E-state index is 12.5. The van der Waals surface area contributed by atoms with E-state index in [9.17, 15) is 9.59 Å². The van der Waals surface area contributed by atoms with Gasteiger partial charge in [-0.25, -0.2) is 4.79 Å². The number of nitrogens with one attached hydrogen (secondary N) is 1. The van der Waals surface area contributed by atoms with Crippen LogP contribution in [0.5, 0.6) is 11.5 Å². The molecule has 3 fully saturated rings. The number of ether oxygens (including phenoxy) is 1. The number of nitrogens with zero attached hydrogens (tertiary/aromatic N) is 6. The maximum absolute atomic E-state index is 12.5. The summed E-state index contributed by atoms with van der Waals surface area (Å²) in [4.78, 5) is 33.4. The van der Waals surface area contributed by atoms with Gasteiger partial charge in [-0.05, 0) is 74.2 Å². The van der Waals surface area contributed by atoms with E-state index in [1.54, 1.807) is 4.90 Å². The Kier molecular flexibility index (Phi) is 7.23. The van der Waals surface area contributed by atoms with Crippen LogP contribution in [0.2, 0.25) is 0 Å². The van der Waals surface area contributed by atoms with E-state index in [1.165, 1.54) is 0 Å². The summed E-state index contributed by atoms with van der Waals surface area (Å²) in [5.41, 5.74) is 4.21. The predicted octanol–water partition coefficient (Wildman–Crippen LogP) is 5.50. The number of hydrogen-bond acceptors (Lipinski definition) is 8. The van der Waals surface area contributed by atoms with Crippen LogP contribution in [0, 0.1) is 0 Å². The number of urea groups is 1. The fraction of sp³-hybridized carbons (Fsp3) is 0.394. The molecule has 4 aromatic rings. The minimum absolute atomic E-state index is 0.0731. The lowest BCUT2D eigenvalue weighted by molar-refractivity contribution is -0.128. The molecular weight excluding hydrogens is 558 g/mol. The Labute approximate surface area is 255 Å². The van der Waals surface area contributed by atoms with E-state index < -0.39 is 0 Å². The van der Waals surface area contributed by atoms with Gasteiger partial charge in [-0.15, -0.1) is 0 Å². The first-order valence-corrected chi connectivity index (χ1v) is 15.2. The first-order chi connectivity index (χ1) is 21.3. The second-order valence-corrected chi connectivity index (χ2v) is 12.3. The third-order valence-electron chi connectivity index (χ3n) is 8.43. The van der Waals surface area contributed by atoms with E-state index in [0.717, 1.165) is 35.4 Å². The zero-order chi connectivity index (χ0) is 30.4. The van der Waals surface area contributed by atoms with Gasteiger partial charge in [0.15, 0.2) is 5.82 Å². The van der Waals surface area contributed by atoms with Gasteiger partial charge in [0.2, 0.25) is 5.91 Å². The summed E-state index contributed by atoms with van der Waals surface area (Å²) in [5.74, 6) is 2.53. The van der Waals surface area contributed by atoms with Gasteiger partial charge in [0, 0.05) is 54.2 Å². The molecule has 2 aromatic carbocycles. The number of hydrogen-bond donors (Lipinski definition) is 1. The summed E-state index contributed by atoms with van der Waals surface area (Å²) in [6, 6.07) is 17.7. The number of carbonyl (C=O) groups excluding carboxylic acids is 2. The van der Waals surface area contributed by atoms with E-state index >= 15 is 0 Å². The molecule has 1 N–H and O–H groups in total. The zero-order valence-corrected chi connectivity index (χ0v) is 25.1. The molecule has 11 nitrogen and oxygen atoms in total. The van der Waals surface area contributed by atoms with Crippen molar-refractivity contribution in [2.24, 2.45) is 0 Å². The first kappa shape index (κ1) is 28.0. The van der Waals surface area contributed by atoms with Gasteiger partial charge < -0.3 is 24.4 Å². The van der Waals surface area contributed by atoms with E-state index in [0.29, 0.717) is 66.8 Å². The van der Waals surface area contributed by atoms with Crippen LogP contribution >= 0.6 is 0 Å². The summed E-state index contributed by atoms with van der Waals surface area (Å²) in [6.07, 6.45) is 2.55. The van der Waals surface area contributed by atoms with Crippen molar-refractivity contribution in [3.8, 4) is 34.2 Å². The van der Waals surface area contributed by atoms with Crippen molar-refractivity contribution in [2.75, 3.05) is 13.1 Å². The second-order valence-electron chi connectivity index (χ2n) is 12.3. The summed E-state index contributed by atoms with van der Waals surface area (Å²) < 4.78 is 12.1. The van der Waals surface area contributed by atoms with Crippen LogP contribution in [0.15, 0.2) is 59.1 Å². The Morgan fingerprint density at radius 1 is 1.00 bits per heavy atom. The molecule has 4 heterocycles. The number of benzene rings is 2. The number of likely N-dealkylation sites (tertiary alicyclic amines) is 1. The summed E-state index contributed by atoms with van der Waals surface area (Å²) >= 11 is 0. The average Bonchev–Trinajstić information content (AvgIpc) is 3.45. The lowest BCUT2D eigenvalue weighted by atomic mass is 10.1. The monoisotopic (exact) mass is 593 g/mol. The van der Waals surface area contributed by atoms with Crippen LogP contribution in [0.1, 0.15) is 69.0 Å².